The van der Waals surface area contributed by atoms with Crippen LogP contribution < -0.4 is 5.32 Å². The molecule has 0 amide bonds. The number of hydrogen-bond acceptors (Lipinski definition) is 2. The molecule has 3 fully saturated rings. The van der Waals surface area contributed by atoms with Crippen LogP contribution in [0.2, 0.25) is 0 Å². The second-order valence-corrected chi connectivity index (χ2v) is 7.62. The van der Waals surface area contributed by atoms with E-state index in [1.807, 2.05) is 0 Å². The molecule has 3 atom stereocenters. The second kappa shape index (κ2) is 5.73. The van der Waals surface area contributed by atoms with E-state index in [0.29, 0.717) is 0 Å². The predicted molar refractivity (Wildman–Crippen MR) is 81.3 cm³/mol. The van der Waals surface area contributed by atoms with Crippen molar-refractivity contribution in [3.63, 3.8) is 0 Å². The summed E-state index contributed by atoms with van der Waals surface area (Å²) in [5.41, 5.74) is 0. The minimum absolute atomic E-state index is 0.796. The fourth-order valence-electron chi connectivity index (χ4n) is 5.25. The number of fused-ring (bicyclic) bond motifs is 2. The third kappa shape index (κ3) is 2.71. The van der Waals surface area contributed by atoms with Crippen molar-refractivity contribution in [2.45, 2.75) is 76.4 Å². The van der Waals surface area contributed by atoms with E-state index in [-0.39, 0.29) is 0 Å². The van der Waals surface area contributed by atoms with Gasteiger partial charge in [-0.1, -0.05) is 19.8 Å². The van der Waals surface area contributed by atoms with Crippen LogP contribution in [0.15, 0.2) is 0 Å². The second-order valence-electron chi connectivity index (χ2n) is 7.62. The molecule has 2 nitrogen and oxygen atoms in total. The third-order valence-corrected chi connectivity index (χ3v) is 6.54. The van der Waals surface area contributed by atoms with Gasteiger partial charge < -0.3 is 10.2 Å². The Hall–Kier alpha value is -0.0800. The third-order valence-electron chi connectivity index (χ3n) is 6.54. The maximum atomic E-state index is 3.72. The summed E-state index contributed by atoms with van der Waals surface area (Å²) in [4.78, 5) is 2.67. The van der Waals surface area contributed by atoms with Crippen molar-refractivity contribution in [1.82, 2.24) is 10.2 Å². The van der Waals surface area contributed by atoms with Gasteiger partial charge >= 0.3 is 0 Å². The quantitative estimate of drug-likeness (QED) is 0.841. The van der Waals surface area contributed by atoms with E-state index >= 15 is 0 Å². The molecule has 0 radical (unpaired) electrons. The van der Waals surface area contributed by atoms with Gasteiger partial charge in [0, 0.05) is 18.1 Å². The molecule has 19 heavy (non-hydrogen) atoms. The Morgan fingerprint density at radius 2 is 1.47 bits per heavy atom. The van der Waals surface area contributed by atoms with Gasteiger partial charge in [0.1, 0.15) is 0 Å². The lowest BCUT2D eigenvalue weighted by Gasteiger charge is -2.43. The van der Waals surface area contributed by atoms with Gasteiger partial charge in [-0.05, 0) is 70.4 Å². The van der Waals surface area contributed by atoms with Gasteiger partial charge in [0.05, 0.1) is 0 Å². The summed E-state index contributed by atoms with van der Waals surface area (Å²) in [6.07, 6.45) is 11.7. The highest BCUT2D eigenvalue weighted by Gasteiger charge is 2.42. The highest BCUT2D eigenvalue weighted by molar-refractivity contribution is 4.98. The fourth-order valence-corrected chi connectivity index (χ4v) is 5.25. The zero-order chi connectivity index (χ0) is 13.4. The highest BCUT2D eigenvalue weighted by atomic mass is 15.2. The van der Waals surface area contributed by atoms with E-state index in [1.54, 1.807) is 0 Å². The van der Waals surface area contributed by atoms with Gasteiger partial charge in [0.15, 0.2) is 0 Å². The fraction of sp³-hybridized carbons (Fsp3) is 1.00. The van der Waals surface area contributed by atoms with Crippen LogP contribution in [0.1, 0.15) is 58.3 Å². The summed E-state index contributed by atoms with van der Waals surface area (Å²) in [6, 6.07) is 2.58. The first-order chi connectivity index (χ1) is 9.19. The van der Waals surface area contributed by atoms with Crippen molar-refractivity contribution in [3.8, 4) is 0 Å². The van der Waals surface area contributed by atoms with Crippen molar-refractivity contribution >= 4 is 0 Å². The number of nitrogens with zero attached hydrogens (tertiary/aromatic N) is 1. The molecule has 2 heterocycles. The number of rotatable bonds is 3. The Morgan fingerprint density at radius 3 is 2.00 bits per heavy atom. The van der Waals surface area contributed by atoms with Crippen molar-refractivity contribution < 1.29 is 0 Å². The first-order valence-corrected chi connectivity index (χ1v) is 8.58. The maximum Gasteiger partial charge on any atom is 0.0122 e. The molecule has 3 unspecified atom stereocenters. The van der Waals surface area contributed by atoms with Gasteiger partial charge in [-0.25, -0.2) is 0 Å². The van der Waals surface area contributed by atoms with Crippen LogP contribution in [0.5, 0.6) is 0 Å². The maximum absolute atomic E-state index is 3.72. The number of hydrogen-bond donors (Lipinski definition) is 1. The van der Waals surface area contributed by atoms with Crippen molar-refractivity contribution in [3.05, 3.63) is 0 Å². The summed E-state index contributed by atoms with van der Waals surface area (Å²) in [5, 5.41) is 3.72. The normalized spacial score (nSPS) is 45.3. The van der Waals surface area contributed by atoms with Gasteiger partial charge in [0.25, 0.3) is 0 Å². The molecule has 0 aromatic carbocycles. The zero-order valence-corrected chi connectivity index (χ0v) is 13.1. The van der Waals surface area contributed by atoms with E-state index in [4.69, 9.17) is 0 Å². The van der Waals surface area contributed by atoms with Crippen LogP contribution in [0, 0.1) is 17.8 Å². The van der Waals surface area contributed by atoms with Crippen LogP contribution in [-0.2, 0) is 0 Å². The Morgan fingerprint density at radius 1 is 0.895 bits per heavy atom. The Balaban J connectivity index is 1.63. The van der Waals surface area contributed by atoms with Crippen molar-refractivity contribution in [1.29, 1.82) is 0 Å². The molecule has 0 aromatic heterocycles. The monoisotopic (exact) mass is 264 g/mol. The zero-order valence-electron chi connectivity index (χ0n) is 13.1. The molecule has 2 bridgehead atoms. The minimum atomic E-state index is 0.796. The summed E-state index contributed by atoms with van der Waals surface area (Å²) in [5.74, 6) is 2.87. The van der Waals surface area contributed by atoms with Crippen molar-refractivity contribution in [2.24, 2.45) is 17.8 Å². The topological polar surface area (TPSA) is 15.3 Å². The van der Waals surface area contributed by atoms with Crippen LogP contribution >= 0.6 is 0 Å². The molecule has 0 spiro atoms. The van der Waals surface area contributed by atoms with E-state index in [1.165, 1.54) is 51.4 Å². The Kier molecular flexibility index (Phi) is 4.19. The van der Waals surface area contributed by atoms with E-state index in [2.05, 4.69) is 31.2 Å². The average molecular weight is 264 g/mol. The lowest BCUT2D eigenvalue weighted by Crippen LogP contribution is -2.49. The van der Waals surface area contributed by atoms with E-state index < -0.39 is 0 Å². The van der Waals surface area contributed by atoms with Crippen LogP contribution in [0.25, 0.3) is 0 Å². The highest BCUT2D eigenvalue weighted by Crippen LogP contribution is 2.42. The van der Waals surface area contributed by atoms with Gasteiger partial charge in [-0.15, -0.1) is 0 Å². The summed E-state index contributed by atoms with van der Waals surface area (Å²) in [7, 11) is 4.57. The molecule has 3 rings (SSSR count). The first-order valence-electron chi connectivity index (χ1n) is 8.58. The molecule has 2 aliphatic heterocycles. The molecule has 2 saturated heterocycles. The molecule has 1 saturated carbocycles. The standard InChI is InChI=1S/C17H32N2/c1-12-4-6-13(7-5-12)17(18-2)14-10-15-8-9-16(11-14)19(15)3/h12-18H,4-11H2,1-3H3. The van der Waals surface area contributed by atoms with E-state index in [9.17, 15) is 0 Å². The Labute approximate surface area is 119 Å². The summed E-state index contributed by atoms with van der Waals surface area (Å²) < 4.78 is 0. The van der Waals surface area contributed by atoms with Crippen LogP contribution in [-0.4, -0.2) is 37.1 Å². The van der Waals surface area contributed by atoms with Crippen LogP contribution in [0.4, 0.5) is 0 Å². The molecule has 1 N–H and O–H groups in total. The smallest absolute Gasteiger partial charge is 0.0122 e. The lowest BCUT2D eigenvalue weighted by molar-refractivity contribution is 0.0855. The molecule has 2 heteroatoms. The molecule has 0 aromatic rings. The van der Waals surface area contributed by atoms with Crippen LogP contribution in [0.3, 0.4) is 0 Å². The largest absolute Gasteiger partial charge is 0.316 e. The SMILES string of the molecule is CNC(C1CCC(C)CC1)C1CC2CCC(C1)N2C. The number of nitrogens with one attached hydrogen (secondary N) is 1. The molecule has 3 aliphatic rings. The predicted octanol–water partition coefficient (Wildman–Crippen LogP) is 3.27. The van der Waals surface area contributed by atoms with Gasteiger partial charge in [-0.3, -0.25) is 0 Å². The molecular weight excluding hydrogens is 232 g/mol. The first kappa shape index (κ1) is 13.9. The average Bonchev–Trinajstić information content (AvgIpc) is 2.65. The molecule has 1 aliphatic carbocycles. The summed E-state index contributed by atoms with van der Waals surface area (Å²) >= 11 is 0. The van der Waals surface area contributed by atoms with Crippen molar-refractivity contribution in [2.75, 3.05) is 14.1 Å². The van der Waals surface area contributed by atoms with E-state index in [0.717, 1.165) is 35.9 Å². The van der Waals surface area contributed by atoms with Gasteiger partial charge in [0.2, 0.25) is 0 Å². The Bertz CT molecular complexity index is 282. The van der Waals surface area contributed by atoms with Gasteiger partial charge in [-0.2, -0.15) is 0 Å². The molecular formula is C17H32N2. The lowest BCUT2D eigenvalue weighted by atomic mass is 9.72. The summed E-state index contributed by atoms with van der Waals surface area (Å²) in [6.45, 7) is 2.43. The molecule has 110 valence electrons. The minimum Gasteiger partial charge on any atom is -0.316 e. The number of piperidine rings is 1.